The molecule has 1 saturated heterocycles. The van der Waals surface area contributed by atoms with Gasteiger partial charge in [-0.2, -0.15) is 0 Å². The molecule has 6 heteroatoms. The molecule has 0 bridgehead atoms. The van der Waals surface area contributed by atoms with Crippen LogP contribution in [0.2, 0.25) is 3.67 Å². The Labute approximate surface area is 162 Å². The summed E-state index contributed by atoms with van der Waals surface area (Å²) >= 11 is 1.29. The Morgan fingerprint density at radius 3 is 2.17 bits per heavy atom. The monoisotopic (exact) mass is 443 g/mol. The van der Waals surface area contributed by atoms with Crippen molar-refractivity contribution in [3.8, 4) is 0 Å². The van der Waals surface area contributed by atoms with E-state index in [0.29, 0.717) is 0 Å². The van der Waals surface area contributed by atoms with Gasteiger partial charge in [0.2, 0.25) is 0 Å². The number of ether oxygens (including phenoxy) is 3. The minimum atomic E-state index is -0.181. The summed E-state index contributed by atoms with van der Waals surface area (Å²) in [6.45, 7) is 3.87. The van der Waals surface area contributed by atoms with Crippen molar-refractivity contribution in [2.75, 3.05) is 34.4 Å². The van der Waals surface area contributed by atoms with Crippen LogP contribution in [0.1, 0.15) is 51.9 Å². The molecule has 138 valence electrons. The summed E-state index contributed by atoms with van der Waals surface area (Å²) in [5.41, 5.74) is 0. The SMILES string of the molecule is CCCC(OC)C(CC[CH]([In])CC1CCN(C(=O)OC)CC1)OC. The van der Waals surface area contributed by atoms with Crippen LogP contribution in [-0.4, -0.2) is 82.0 Å². The Kier molecular flexibility index (Phi) is 11.4. The van der Waals surface area contributed by atoms with Crippen molar-refractivity contribution in [1.82, 2.24) is 4.90 Å². The van der Waals surface area contributed by atoms with E-state index >= 15 is 0 Å². The predicted octanol–water partition coefficient (Wildman–Crippen LogP) is 3.42. The zero-order chi connectivity index (χ0) is 17.9. The number of nitrogens with zero attached hydrogens (tertiary/aromatic N) is 1. The second-order valence-corrected chi connectivity index (χ2v) is 9.50. The third-order valence-electron chi connectivity index (χ3n) is 5.10. The number of piperidine rings is 1. The van der Waals surface area contributed by atoms with Gasteiger partial charge in [0, 0.05) is 0 Å². The molecule has 0 aliphatic carbocycles. The molecule has 1 aliphatic rings. The molecule has 0 saturated carbocycles. The second kappa shape index (κ2) is 12.4. The fourth-order valence-corrected chi connectivity index (χ4v) is 5.25. The molecule has 1 rings (SSSR count). The second-order valence-electron chi connectivity index (χ2n) is 6.81. The van der Waals surface area contributed by atoms with E-state index in [2.05, 4.69) is 6.92 Å². The molecule has 0 aromatic rings. The molecule has 3 atom stereocenters. The molecule has 1 amide bonds. The molecule has 0 aromatic carbocycles. The number of likely N-dealkylation sites (tertiary alicyclic amines) is 1. The zero-order valence-electron chi connectivity index (χ0n) is 15.8. The van der Waals surface area contributed by atoms with Crippen molar-refractivity contribution in [2.45, 2.75) is 67.8 Å². The van der Waals surface area contributed by atoms with Crippen molar-refractivity contribution in [1.29, 1.82) is 0 Å². The summed E-state index contributed by atoms with van der Waals surface area (Å²) in [5.74, 6) is 0.751. The van der Waals surface area contributed by atoms with Crippen molar-refractivity contribution < 1.29 is 19.0 Å². The van der Waals surface area contributed by atoms with Crippen LogP contribution in [0.25, 0.3) is 0 Å². The van der Waals surface area contributed by atoms with Gasteiger partial charge in [0.15, 0.2) is 0 Å². The maximum atomic E-state index is 11.5. The molecule has 1 heterocycles. The van der Waals surface area contributed by atoms with Gasteiger partial charge in [-0.1, -0.05) is 0 Å². The minimum absolute atomic E-state index is 0.181. The first-order valence-corrected chi connectivity index (χ1v) is 11.1. The average Bonchev–Trinajstić information content (AvgIpc) is 2.61. The third kappa shape index (κ3) is 7.52. The topological polar surface area (TPSA) is 48.0 Å². The maximum absolute atomic E-state index is 11.5. The van der Waals surface area contributed by atoms with Gasteiger partial charge in [-0.05, 0) is 0 Å². The van der Waals surface area contributed by atoms with Crippen LogP contribution in [0, 0.1) is 5.92 Å². The molecular weight excluding hydrogens is 409 g/mol. The summed E-state index contributed by atoms with van der Waals surface area (Å²) in [7, 11) is 5.05. The molecule has 1 aliphatic heterocycles. The normalized spacial score (nSPS) is 19.8. The van der Waals surface area contributed by atoms with Gasteiger partial charge in [0.1, 0.15) is 0 Å². The molecule has 3 unspecified atom stereocenters. The van der Waals surface area contributed by atoms with E-state index in [-0.39, 0.29) is 18.3 Å². The Balaban J connectivity index is 2.30. The van der Waals surface area contributed by atoms with Gasteiger partial charge in [0.05, 0.1) is 0 Å². The van der Waals surface area contributed by atoms with Crippen molar-refractivity contribution in [3.63, 3.8) is 0 Å². The van der Waals surface area contributed by atoms with Crippen LogP contribution in [0.5, 0.6) is 0 Å². The van der Waals surface area contributed by atoms with Gasteiger partial charge < -0.3 is 0 Å². The summed E-state index contributed by atoms with van der Waals surface area (Å²) < 4.78 is 16.9. The fourth-order valence-electron chi connectivity index (χ4n) is 3.60. The molecule has 0 spiro atoms. The van der Waals surface area contributed by atoms with Crippen LogP contribution in [0.15, 0.2) is 0 Å². The first-order chi connectivity index (χ1) is 11.5. The Hall–Kier alpha value is 0.0601. The van der Waals surface area contributed by atoms with Gasteiger partial charge in [0.25, 0.3) is 0 Å². The van der Waals surface area contributed by atoms with Crippen LogP contribution >= 0.6 is 0 Å². The number of carbonyl (C=O) groups excluding carboxylic acids is 1. The van der Waals surface area contributed by atoms with Crippen LogP contribution < -0.4 is 0 Å². The van der Waals surface area contributed by atoms with E-state index in [1.807, 2.05) is 4.90 Å². The Morgan fingerprint density at radius 1 is 1.08 bits per heavy atom. The number of amides is 1. The van der Waals surface area contributed by atoms with E-state index in [1.165, 1.54) is 44.3 Å². The van der Waals surface area contributed by atoms with Crippen LogP contribution in [0.4, 0.5) is 4.79 Å². The van der Waals surface area contributed by atoms with Crippen molar-refractivity contribution >= 4 is 30.5 Å². The molecular formula is C18H34InNO4. The van der Waals surface area contributed by atoms with Gasteiger partial charge >= 0.3 is 162 Å². The Bertz CT molecular complexity index is 348. The van der Waals surface area contributed by atoms with Crippen LogP contribution in [0.3, 0.4) is 0 Å². The van der Waals surface area contributed by atoms with E-state index < -0.39 is 0 Å². The van der Waals surface area contributed by atoms with E-state index in [4.69, 9.17) is 14.2 Å². The molecule has 0 N–H and O–H groups in total. The Morgan fingerprint density at radius 2 is 1.67 bits per heavy atom. The third-order valence-corrected chi connectivity index (χ3v) is 6.83. The number of hydrogen-bond donors (Lipinski definition) is 0. The van der Waals surface area contributed by atoms with Gasteiger partial charge in [-0.15, -0.1) is 0 Å². The zero-order valence-corrected chi connectivity index (χ0v) is 19.1. The summed E-state index contributed by atoms with van der Waals surface area (Å²) in [4.78, 5) is 13.4. The first-order valence-electron chi connectivity index (χ1n) is 9.19. The molecule has 1 fully saturated rings. The quantitative estimate of drug-likeness (QED) is 0.519. The van der Waals surface area contributed by atoms with Crippen LogP contribution in [-0.2, 0) is 14.2 Å². The van der Waals surface area contributed by atoms with E-state index in [9.17, 15) is 4.79 Å². The fraction of sp³-hybridized carbons (Fsp3) is 0.944. The predicted molar refractivity (Wildman–Crippen MR) is 96.6 cm³/mol. The number of carbonyl (C=O) groups is 1. The number of rotatable bonds is 10. The van der Waals surface area contributed by atoms with E-state index in [1.54, 1.807) is 14.2 Å². The van der Waals surface area contributed by atoms with Gasteiger partial charge in [-0.25, -0.2) is 0 Å². The average molecular weight is 443 g/mol. The number of methoxy groups -OCH3 is 3. The molecule has 2 radical (unpaired) electrons. The standard InChI is InChI=1S/C18H34NO4.In/c1-5-8-16(21-2)17(22-3)10-7-6-9-15-11-13-19(14-12-15)18(20)23-4;/h6,15-17H,5,7-14H2,1-4H3;. The van der Waals surface area contributed by atoms with E-state index in [0.717, 1.165) is 54.8 Å². The summed E-state index contributed by atoms with van der Waals surface area (Å²) in [6.07, 6.45) is 8.25. The summed E-state index contributed by atoms with van der Waals surface area (Å²) in [6, 6.07) is 0. The molecule has 5 nitrogen and oxygen atoms in total. The molecule has 24 heavy (non-hydrogen) atoms. The molecule has 0 aromatic heterocycles. The van der Waals surface area contributed by atoms with Gasteiger partial charge in [-0.3, -0.25) is 0 Å². The van der Waals surface area contributed by atoms with Crippen molar-refractivity contribution in [3.05, 3.63) is 0 Å². The van der Waals surface area contributed by atoms with Crippen molar-refractivity contribution in [2.24, 2.45) is 5.92 Å². The first kappa shape index (κ1) is 22.1. The number of hydrogen-bond acceptors (Lipinski definition) is 4. The summed E-state index contributed by atoms with van der Waals surface area (Å²) in [5, 5.41) is 0.